The molecule has 6 nitrogen and oxygen atoms in total. The van der Waals surface area contributed by atoms with E-state index in [1.54, 1.807) is 9.47 Å². The average Bonchev–Trinajstić information content (AvgIpc) is 2.78. The summed E-state index contributed by atoms with van der Waals surface area (Å²) in [5.41, 5.74) is 7.49. The normalized spacial score (nSPS) is 10.8. The summed E-state index contributed by atoms with van der Waals surface area (Å²) in [5, 5.41) is 0. The minimum atomic E-state index is 0.0350. The first-order chi connectivity index (χ1) is 10.1. The minimum absolute atomic E-state index is 0.0350. The molecule has 0 aliphatic carbocycles. The molecule has 0 radical (unpaired) electrons. The van der Waals surface area contributed by atoms with E-state index < -0.39 is 0 Å². The number of nitrogens with two attached hydrogens (primary N) is 1. The second-order valence-corrected chi connectivity index (χ2v) is 4.68. The predicted octanol–water partition coefficient (Wildman–Crippen LogP) is 1.89. The number of fused-ring (bicyclic) bond motifs is 1. The number of ether oxygens (including phenoxy) is 1. The van der Waals surface area contributed by atoms with Crippen molar-refractivity contribution in [3.05, 3.63) is 18.2 Å². The van der Waals surface area contributed by atoms with Crippen molar-refractivity contribution in [1.82, 2.24) is 14.5 Å². The molecule has 2 N–H and O–H groups in total. The third kappa shape index (κ3) is 2.94. The molecule has 1 heterocycles. The highest BCUT2D eigenvalue weighted by atomic mass is 16.5. The van der Waals surface area contributed by atoms with Crippen LogP contribution < -0.4 is 10.5 Å². The van der Waals surface area contributed by atoms with Gasteiger partial charge in [0.1, 0.15) is 17.8 Å². The molecule has 0 unspecified atom stereocenters. The van der Waals surface area contributed by atoms with Gasteiger partial charge in [-0.3, -0.25) is 4.79 Å². The van der Waals surface area contributed by atoms with Crippen LogP contribution in [0.15, 0.2) is 18.2 Å². The Morgan fingerprint density at radius 3 is 2.67 bits per heavy atom. The smallest absolute Gasteiger partial charge is 0.242 e. The van der Waals surface area contributed by atoms with Crippen LogP contribution in [-0.2, 0) is 11.3 Å². The third-order valence-corrected chi connectivity index (χ3v) is 3.48. The molecule has 1 aromatic heterocycles. The van der Waals surface area contributed by atoms with Gasteiger partial charge in [-0.15, -0.1) is 0 Å². The predicted molar refractivity (Wildman–Crippen MR) is 83.2 cm³/mol. The van der Waals surface area contributed by atoms with Crippen molar-refractivity contribution >= 4 is 22.9 Å². The van der Waals surface area contributed by atoms with E-state index in [4.69, 9.17) is 10.5 Å². The van der Waals surface area contributed by atoms with E-state index in [2.05, 4.69) is 4.98 Å². The summed E-state index contributed by atoms with van der Waals surface area (Å²) in [6.45, 7) is 7.97. The van der Waals surface area contributed by atoms with Crippen LogP contribution in [-0.4, -0.2) is 40.1 Å². The molecule has 0 aliphatic rings. The molecule has 2 aromatic rings. The van der Waals surface area contributed by atoms with Crippen molar-refractivity contribution in [1.29, 1.82) is 0 Å². The number of anilines is 1. The number of carbonyl (C=O) groups excluding carboxylic acids is 1. The zero-order valence-electron chi connectivity index (χ0n) is 12.8. The molecule has 0 fully saturated rings. The lowest BCUT2D eigenvalue weighted by atomic mass is 10.3. The Balaban J connectivity index is 2.38. The van der Waals surface area contributed by atoms with Crippen molar-refractivity contribution in [2.75, 3.05) is 25.4 Å². The van der Waals surface area contributed by atoms with Gasteiger partial charge < -0.3 is 19.9 Å². The van der Waals surface area contributed by atoms with E-state index in [1.165, 1.54) is 0 Å². The van der Waals surface area contributed by atoms with E-state index >= 15 is 0 Å². The quantitative estimate of drug-likeness (QED) is 0.881. The minimum Gasteiger partial charge on any atom is -0.492 e. The zero-order chi connectivity index (χ0) is 15.4. The highest BCUT2D eigenvalue weighted by Gasteiger charge is 2.17. The number of aromatic nitrogens is 2. The lowest BCUT2D eigenvalue weighted by Gasteiger charge is -2.19. The molecule has 0 spiro atoms. The molecule has 0 atom stereocenters. The SMILES string of the molecule is CCOc1cccc2c1nc(N)n2CC(=O)N(CC)CC. The lowest BCUT2D eigenvalue weighted by Crippen LogP contribution is -2.33. The molecule has 0 bridgehead atoms. The Morgan fingerprint density at radius 2 is 2.05 bits per heavy atom. The summed E-state index contributed by atoms with van der Waals surface area (Å²) < 4.78 is 7.29. The van der Waals surface area contributed by atoms with Gasteiger partial charge in [0.15, 0.2) is 0 Å². The van der Waals surface area contributed by atoms with Crippen LogP contribution in [0, 0.1) is 0 Å². The van der Waals surface area contributed by atoms with Gasteiger partial charge in [-0.2, -0.15) is 0 Å². The Morgan fingerprint density at radius 1 is 1.33 bits per heavy atom. The number of imidazole rings is 1. The first-order valence-corrected chi connectivity index (χ1v) is 7.27. The topological polar surface area (TPSA) is 73.4 Å². The van der Waals surface area contributed by atoms with E-state index in [1.807, 2.05) is 39.0 Å². The van der Waals surface area contributed by atoms with Crippen LogP contribution in [0.3, 0.4) is 0 Å². The molecular weight excluding hydrogens is 268 g/mol. The summed E-state index contributed by atoms with van der Waals surface area (Å²) in [6.07, 6.45) is 0. The van der Waals surface area contributed by atoms with Crippen LogP contribution in [0.2, 0.25) is 0 Å². The fourth-order valence-corrected chi connectivity index (χ4v) is 2.39. The maximum atomic E-state index is 12.3. The van der Waals surface area contributed by atoms with Gasteiger partial charge in [0.2, 0.25) is 11.9 Å². The number of hydrogen-bond donors (Lipinski definition) is 1. The fraction of sp³-hybridized carbons (Fsp3) is 0.467. The molecule has 2 rings (SSSR count). The third-order valence-electron chi connectivity index (χ3n) is 3.48. The average molecular weight is 290 g/mol. The van der Waals surface area contributed by atoms with Crippen LogP contribution in [0.25, 0.3) is 11.0 Å². The largest absolute Gasteiger partial charge is 0.492 e. The second-order valence-electron chi connectivity index (χ2n) is 4.68. The first-order valence-electron chi connectivity index (χ1n) is 7.27. The van der Waals surface area contributed by atoms with E-state index in [-0.39, 0.29) is 12.5 Å². The van der Waals surface area contributed by atoms with E-state index in [0.717, 1.165) is 5.52 Å². The van der Waals surface area contributed by atoms with Crippen molar-refractivity contribution in [3.8, 4) is 5.75 Å². The van der Waals surface area contributed by atoms with Gasteiger partial charge in [0, 0.05) is 13.1 Å². The zero-order valence-corrected chi connectivity index (χ0v) is 12.8. The number of benzene rings is 1. The maximum absolute atomic E-state index is 12.3. The van der Waals surface area contributed by atoms with Gasteiger partial charge >= 0.3 is 0 Å². The molecule has 0 saturated heterocycles. The van der Waals surface area contributed by atoms with Crippen LogP contribution in [0.1, 0.15) is 20.8 Å². The van der Waals surface area contributed by atoms with Gasteiger partial charge in [0.25, 0.3) is 0 Å². The molecule has 6 heteroatoms. The molecule has 1 aromatic carbocycles. The molecular formula is C15H22N4O2. The van der Waals surface area contributed by atoms with E-state index in [0.29, 0.717) is 36.9 Å². The number of carbonyl (C=O) groups is 1. The van der Waals surface area contributed by atoms with Crippen LogP contribution in [0.5, 0.6) is 5.75 Å². The lowest BCUT2D eigenvalue weighted by molar-refractivity contribution is -0.131. The number of likely N-dealkylation sites (N-methyl/N-ethyl adjacent to an activating group) is 1. The number of para-hydroxylation sites is 1. The number of hydrogen-bond acceptors (Lipinski definition) is 4. The van der Waals surface area contributed by atoms with Crippen LogP contribution >= 0.6 is 0 Å². The summed E-state index contributed by atoms with van der Waals surface area (Å²) in [5.74, 6) is 1.06. The Kier molecular flexibility index (Phi) is 4.67. The highest BCUT2D eigenvalue weighted by molar-refractivity contribution is 5.86. The standard InChI is InChI=1S/C15H22N4O2/c1-4-18(5-2)13(20)10-19-11-8-7-9-12(21-6-3)14(11)17-15(19)16/h7-9H,4-6,10H2,1-3H3,(H2,16,17). The molecule has 114 valence electrons. The summed E-state index contributed by atoms with van der Waals surface area (Å²) >= 11 is 0. The maximum Gasteiger partial charge on any atom is 0.242 e. The first kappa shape index (κ1) is 15.2. The van der Waals surface area contributed by atoms with Crippen molar-refractivity contribution in [2.24, 2.45) is 0 Å². The Bertz CT molecular complexity index is 632. The number of nitrogen functional groups attached to an aromatic ring is 1. The summed E-state index contributed by atoms with van der Waals surface area (Å²) in [4.78, 5) is 18.4. The number of rotatable bonds is 6. The van der Waals surface area contributed by atoms with Gasteiger partial charge in [0.05, 0.1) is 12.1 Å². The van der Waals surface area contributed by atoms with Crippen molar-refractivity contribution in [3.63, 3.8) is 0 Å². The van der Waals surface area contributed by atoms with Crippen LogP contribution in [0.4, 0.5) is 5.95 Å². The van der Waals surface area contributed by atoms with Gasteiger partial charge in [-0.05, 0) is 32.9 Å². The Hall–Kier alpha value is -2.24. The van der Waals surface area contributed by atoms with Gasteiger partial charge in [-0.1, -0.05) is 6.07 Å². The number of nitrogens with zero attached hydrogens (tertiary/aromatic N) is 3. The van der Waals surface area contributed by atoms with Crippen molar-refractivity contribution < 1.29 is 9.53 Å². The summed E-state index contributed by atoms with van der Waals surface area (Å²) in [7, 11) is 0. The fourth-order valence-electron chi connectivity index (χ4n) is 2.39. The van der Waals surface area contributed by atoms with Crippen molar-refractivity contribution in [2.45, 2.75) is 27.3 Å². The molecule has 0 aliphatic heterocycles. The highest BCUT2D eigenvalue weighted by Crippen LogP contribution is 2.27. The monoisotopic (exact) mass is 290 g/mol. The molecule has 1 amide bonds. The second kappa shape index (κ2) is 6.47. The molecule has 21 heavy (non-hydrogen) atoms. The Labute approximate surface area is 124 Å². The molecule has 0 saturated carbocycles. The number of amides is 1. The summed E-state index contributed by atoms with van der Waals surface area (Å²) in [6, 6.07) is 5.64. The van der Waals surface area contributed by atoms with E-state index in [9.17, 15) is 4.79 Å². The van der Waals surface area contributed by atoms with Gasteiger partial charge in [-0.25, -0.2) is 4.98 Å².